The third kappa shape index (κ3) is 5.19. The number of carbonyl (C=O) groups is 1. The summed E-state index contributed by atoms with van der Waals surface area (Å²) in [4.78, 5) is 16.4. The van der Waals surface area contributed by atoms with Crippen molar-refractivity contribution in [3.05, 3.63) is 58.9 Å². The minimum Gasteiger partial charge on any atom is -0.381 e. The molecule has 1 unspecified atom stereocenters. The fraction of sp³-hybridized carbons (Fsp3) is 0.333. The summed E-state index contributed by atoms with van der Waals surface area (Å²) in [5.74, 6) is 0.0628. The lowest BCUT2D eigenvalue weighted by molar-refractivity contribution is 0.0949. The first-order valence-corrected chi connectivity index (χ1v) is 10.6. The zero-order chi connectivity index (χ0) is 18.6. The van der Waals surface area contributed by atoms with Crippen LogP contribution >= 0.6 is 11.6 Å². The molecule has 1 aromatic heterocycles. The van der Waals surface area contributed by atoms with Gasteiger partial charge in [-0.3, -0.25) is 9.78 Å². The van der Waals surface area contributed by atoms with Crippen LogP contribution in [0, 0.1) is 0 Å². The lowest BCUT2D eigenvalue weighted by atomic mass is 10.1. The number of nitrogens with one attached hydrogen (secondary N) is 2. The highest BCUT2D eigenvalue weighted by atomic mass is 35.5. The number of halogens is 1. The highest BCUT2D eigenvalue weighted by Gasteiger charge is 2.27. The fourth-order valence-electron chi connectivity index (χ4n) is 2.85. The van der Waals surface area contributed by atoms with Crippen molar-refractivity contribution in [3.63, 3.8) is 0 Å². The molecular formula is C18H20ClN3O3S. The minimum atomic E-state index is -2.95. The molecule has 6 nitrogen and oxygen atoms in total. The fourth-order valence-corrected chi connectivity index (χ4v) is 4.65. The molecule has 2 heterocycles. The van der Waals surface area contributed by atoms with Crippen LogP contribution in [0.2, 0.25) is 5.02 Å². The predicted molar refractivity (Wildman–Crippen MR) is 102 cm³/mol. The van der Waals surface area contributed by atoms with E-state index in [0.29, 0.717) is 35.8 Å². The zero-order valence-electron chi connectivity index (χ0n) is 14.1. The van der Waals surface area contributed by atoms with E-state index in [-0.39, 0.29) is 23.5 Å². The number of nitrogens with zero attached hydrogens (tertiary/aromatic N) is 1. The van der Waals surface area contributed by atoms with Crippen LogP contribution in [0.3, 0.4) is 0 Å². The van der Waals surface area contributed by atoms with Crippen LogP contribution < -0.4 is 10.6 Å². The van der Waals surface area contributed by atoms with Gasteiger partial charge < -0.3 is 10.6 Å². The average Bonchev–Trinajstić information content (AvgIpc) is 2.95. The first kappa shape index (κ1) is 18.7. The molecular weight excluding hydrogens is 374 g/mol. The Kier molecular flexibility index (Phi) is 5.78. The Morgan fingerprint density at radius 3 is 2.69 bits per heavy atom. The molecule has 0 saturated carbocycles. The van der Waals surface area contributed by atoms with Crippen molar-refractivity contribution in [2.75, 3.05) is 23.4 Å². The Bertz CT molecular complexity index is 885. The number of hydrogen-bond acceptors (Lipinski definition) is 5. The topological polar surface area (TPSA) is 88.2 Å². The van der Waals surface area contributed by atoms with Crippen molar-refractivity contribution in [2.45, 2.75) is 18.9 Å². The molecule has 1 amide bonds. The summed E-state index contributed by atoms with van der Waals surface area (Å²) in [6.07, 6.45) is 2.81. The van der Waals surface area contributed by atoms with Crippen LogP contribution in [-0.2, 0) is 16.3 Å². The lowest BCUT2D eigenvalue weighted by Crippen LogP contribution is -2.27. The summed E-state index contributed by atoms with van der Waals surface area (Å²) >= 11 is 5.85. The van der Waals surface area contributed by atoms with Gasteiger partial charge >= 0.3 is 0 Å². The normalized spacial score (nSPS) is 18.4. The third-order valence-electron chi connectivity index (χ3n) is 4.21. The van der Waals surface area contributed by atoms with E-state index in [1.807, 2.05) is 24.3 Å². The highest BCUT2D eigenvalue weighted by Crippen LogP contribution is 2.17. The molecule has 1 fully saturated rings. The zero-order valence-corrected chi connectivity index (χ0v) is 15.7. The summed E-state index contributed by atoms with van der Waals surface area (Å²) in [7, 11) is -2.95. The Labute approximate surface area is 157 Å². The van der Waals surface area contributed by atoms with E-state index in [0.717, 1.165) is 5.56 Å². The number of benzene rings is 1. The summed E-state index contributed by atoms with van der Waals surface area (Å²) in [5, 5.41) is 6.69. The maximum Gasteiger partial charge on any atom is 0.269 e. The van der Waals surface area contributed by atoms with Crippen molar-refractivity contribution in [2.24, 2.45) is 0 Å². The van der Waals surface area contributed by atoms with Crippen LogP contribution in [0.1, 0.15) is 22.5 Å². The van der Waals surface area contributed by atoms with Gasteiger partial charge in [0, 0.05) is 29.5 Å². The molecule has 0 bridgehead atoms. The Hall–Kier alpha value is -2.12. The molecule has 26 heavy (non-hydrogen) atoms. The van der Waals surface area contributed by atoms with Crippen LogP contribution in [-0.4, -0.2) is 43.4 Å². The van der Waals surface area contributed by atoms with Crippen molar-refractivity contribution >= 4 is 33.0 Å². The van der Waals surface area contributed by atoms with Gasteiger partial charge in [0.15, 0.2) is 9.84 Å². The molecule has 0 spiro atoms. The van der Waals surface area contributed by atoms with Crippen molar-refractivity contribution in [3.8, 4) is 0 Å². The van der Waals surface area contributed by atoms with Crippen molar-refractivity contribution in [1.29, 1.82) is 0 Å². The van der Waals surface area contributed by atoms with Gasteiger partial charge in [0.1, 0.15) is 5.69 Å². The molecule has 0 radical (unpaired) electrons. The maximum absolute atomic E-state index is 12.3. The Morgan fingerprint density at radius 2 is 2.00 bits per heavy atom. The number of carbonyl (C=O) groups excluding carboxylic acids is 1. The number of rotatable bonds is 6. The van der Waals surface area contributed by atoms with E-state index in [4.69, 9.17) is 11.6 Å². The molecule has 1 aliphatic heterocycles. The molecule has 1 aromatic carbocycles. The van der Waals surface area contributed by atoms with Crippen LogP contribution in [0.5, 0.6) is 0 Å². The van der Waals surface area contributed by atoms with Gasteiger partial charge in [0.05, 0.1) is 11.5 Å². The van der Waals surface area contributed by atoms with E-state index in [2.05, 4.69) is 15.6 Å². The van der Waals surface area contributed by atoms with E-state index in [1.54, 1.807) is 18.3 Å². The lowest BCUT2D eigenvalue weighted by Gasteiger charge is -2.13. The number of amides is 1. The number of aromatic nitrogens is 1. The summed E-state index contributed by atoms with van der Waals surface area (Å²) < 4.78 is 23.1. The second-order valence-electron chi connectivity index (χ2n) is 6.31. The van der Waals surface area contributed by atoms with E-state index in [1.165, 1.54) is 0 Å². The van der Waals surface area contributed by atoms with Gasteiger partial charge in [0.2, 0.25) is 0 Å². The minimum absolute atomic E-state index is 0.122. The standard InChI is InChI=1S/C18H20ClN3O3S/c19-14-3-1-13(2-4-14)5-8-21-18(23)17-11-15(6-9-20-17)22-16-7-10-26(24,25)12-16/h1-4,6,9,11,16H,5,7-8,10,12H2,(H,20,22)(H,21,23). The molecule has 1 atom stereocenters. The second-order valence-corrected chi connectivity index (χ2v) is 8.97. The van der Waals surface area contributed by atoms with E-state index < -0.39 is 9.84 Å². The molecule has 3 rings (SSSR count). The largest absolute Gasteiger partial charge is 0.381 e. The average molecular weight is 394 g/mol. The number of hydrogen-bond donors (Lipinski definition) is 2. The monoisotopic (exact) mass is 393 g/mol. The Balaban J connectivity index is 1.53. The predicted octanol–water partition coefficient (Wildman–Crippen LogP) is 2.31. The van der Waals surface area contributed by atoms with Crippen LogP contribution in [0.4, 0.5) is 5.69 Å². The number of anilines is 1. The molecule has 1 aliphatic rings. The quantitative estimate of drug-likeness (QED) is 0.786. The molecule has 138 valence electrons. The Morgan fingerprint density at radius 1 is 1.23 bits per heavy atom. The molecule has 0 aliphatic carbocycles. The van der Waals surface area contributed by atoms with Gasteiger partial charge in [-0.1, -0.05) is 23.7 Å². The molecule has 1 saturated heterocycles. The van der Waals surface area contributed by atoms with Gasteiger partial charge in [0.25, 0.3) is 5.91 Å². The van der Waals surface area contributed by atoms with Gasteiger partial charge in [-0.25, -0.2) is 8.42 Å². The molecule has 8 heteroatoms. The second kappa shape index (κ2) is 8.05. The van der Waals surface area contributed by atoms with Crippen LogP contribution in [0.25, 0.3) is 0 Å². The van der Waals surface area contributed by atoms with Crippen molar-refractivity contribution < 1.29 is 13.2 Å². The summed E-state index contributed by atoms with van der Waals surface area (Å²) in [5.41, 5.74) is 2.08. The smallest absolute Gasteiger partial charge is 0.269 e. The van der Waals surface area contributed by atoms with Gasteiger partial charge in [-0.05, 0) is 42.7 Å². The number of pyridine rings is 1. The van der Waals surface area contributed by atoms with Gasteiger partial charge in [-0.2, -0.15) is 0 Å². The first-order chi connectivity index (χ1) is 12.4. The maximum atomic E-state index is 12.3. The third-order valence-corrected chi connectivity index (χ3v) is 6.23. The molecule has 2 aromatic rings. The van der Waals surface area contributed by atoms with E-state index >= 15 is 0 Å². The highest BCUT2D eigenvalue weighted by molar-refractivity contribution is 7.91. The SMILES string of the molecule is O=C(NCCc1ccc(Cl)cc1)c1cc(NC2CCS(=O)(=O)C2)ccn1. The van der Waals surface area contributed by atoms with Gasteiger partial charge in [-0.15, -0.1) is 0 Å². The first-order valence-electron chi connectivity index (χ1n) is 8.37. The van der Waals surface area contributed by atoms with E-state index in [9.17, 15) is 13.2 Å². The van der Waals surface area contributed by atoms with Crippen LogP contribution in [0.15, 0.2) is 42.6 Å². The summed E-state index contributed by atoms with van der Waals surface area (Å²) in [6, 6.07) is 10.7. The molecule has 2 N–H and O–H groups in total. The summed E-state index contributed by atoms with van der Waals surface area (Å²) in [6.45, 7) is 0.487. The van der Waals surface area contributed by atoms with Crippen molar-refractivity contribution in [1.82, 2.24) is 10.3 Å². The number of sulfone groups is 1.